The molecule has 4 nitrogen and oxygen atoms in total. The van der Waals surface area contributed by atoms with Gasteiger partial charge >= 0.3 is 0 Å². The van der Waals surface area contributed by atoms with Gasteiger partial charge in [0.15, 0.2) is 0 Å². The molecule has 0 unspecified atom stereocenters. The number of rotatable bonds is 3. The lowest BCUT2D eigenvalue weighted by atomic mass is 9.99. The van der Waals surface area contributed by atoms with Crippen LogP contribution in [-0.2, 0) is 19.4 Å². The molecule has 0 saturated carbocycles. The van der Waals surface area contributed by atoms with Gasteiger partial charge in [-0.1, -0.05) is 49.4 Å². The molecule has 0 fully saturated rings. The van der Waals surface area contributed by atoms with Gasteiger partial charge in [-0.15, -0.1) is 0 Å². The molecule has 0 bridgehead atoms. The SMILES string of the molecule is CC(F)(F)c1ccccc1.CCc1cc2ncc3c(c(-c4ccc(C#N)cc4)nn3C)c2cc1C. The molecule has 0 N–H and O–H groups in total. The quantitative estimate of drug-likeness (QED) is 0.279. The first-order valence-corrected chi connectivity index (χ1v) is 11.4. The second kappa shape index (κ2) is 9.63. The zero-order valence-corrected chi connectivity index (χ0v) is 20.2. The van der Waals surface area contributed by atoms with Crippen molar-refractivity contribution >= 4 is 21.8 Å². The van der Waals surface area contributed by atoms with Gasteiger partial charge in [0, 0.05) is 35.9 Å². The maximum absolute atomic E-state index is 12.5. The lowest BCUT2D eigenvalue weighted by Gasteiger charge is -2.08. The van der Waals surface area contributed by atoms with Crippen LogP contribution in [-0.4, -0.2) is 14.8 Å². The van der Waals surface area contributed by atoms with Crippen molar-refractivity contribution in [3.8, 4) is 17.3 Å². The van der Waals surface area contributed by atoms with Gasteiger partial charge in [-0.25, -0.2) is 8.78 Å². The summed E-state index contributed by atoms with van der Waals surface area (Å²) in [5.41, 5.74) is 7.26. The average Bonchev–Trinajstić information content (AvgIpc) is 3.21. The smallest absolute Gasteiger partial charge is 0.266 e. The number of aromatic nitrogens is 3. The fourth-order valence-electron chi connectivity index (χ4n) is 4.14. The monoisotopic (exact) mass is 468 g/mol. The Morgan fingerprint density at radius 2 is 1.71 bits per heavy atom. The molecule has 0 radical (unpaired) electrons. The lowest BCUT2D eigenvalue weighted by Crippen LogP contribution is -2.05. The topological polar surface area (TPSA) is 54.5 Å². The van der Waals surface area contributed by atoms with Crippen LogP contribution >= 0.6 is 0 Å². The molecule has 2 heterocycles. The third-order valence-corrected chi connectivity index (χ3v) is 6.09. The first kappa shape index (κ1) is 24.0. The van der Waals surface area contributed by atoms with E-state index in [1.54, 1.807) is 18.2 Å². The highest BCUT2D eigenvalue weighted by molar-refractivity contribution is 6.11. The van der Waals surface area contributed by atoms with Crippen molar-refractivity contribution < 1.29 is 8.78 Å². The summed E-state index contributed by atoms with van der Waals surface area (Å²) in [6.07, 6.45) is 2.89. The van der Waals surface area contributed by atoms with E-state index in [0.717, 1.165) is 46.4 Å². The number of halogens is 2. The number of hydrogen-bond acceptors (Lipinski definition) is 3. The van der Waals surface area contributed by atoms with E-state index in [1.807, 2.05) is 42.2 Å². The van der Waals surface area contributed by atoms with Gasteiger partial charge < -0.3 is 0 Å². The third kappa shape index (κ3) is 4.90. The van der Waals surface area contributed by atoms with Gasteiger partial charge in [-0.3, -0.25) is 9.67 Å². The molecule has 0 amide bonds. The lowest BCUT2D eigenvalue weighted by molar-refractivity contribution is 0.0175. The van der Waals surface area contributed by atoms with E-state index in [9.17, 15) is 8.78 Å². The fourth-order valence-corrected chi connectivity index (χ4v) is 4.14. The minimum atomic E-state index is -2.71. The van der Waals surface area contributed by atoms with Gasteiger partial charge in [0.05, 0.1) is 28.9 Å². The highest BCUT2D eigenvalue weighted by Gasteiger charge is 2.22. The maximum Gasteiger partial charge on any atom is 0.270 e. The molecular formula is C29H26F2N4. The van der Waals surface area contributed by atoms with E-state index < -0.39 is 5.92 Å². The normalized spacial score (nSPS) is 11.2. The first-order chi connectivity index (χ1) is 16.7. The van der Waals surface area contributed by atoms with Gasteiger partial charge in [0.2, 0.25) is 0 Å². The van der Waals surface area contributed by atoms with E-state index in [2.05, 4.69) is 37.0 Å². The minimum absolute atomic E-state index is 0.0648. The summed E-state index contributed by atoms with van der Waals surface area (Å²) in [6, 6.07) is 21.9. The molecule has 6 heteroatoms. The Morgan fingerprint density at radius 1 is 1.03 bits per heavy atom. The Kier molecular flexibility index (Phi) is 6.61. The Balaban J connectivity index is 0.000000243. The molecule has 35 heavy (non-hydrogen) atoms. The van der Waals surface area contributed by atoms with Crippen molar-refractivity contribution in [2.24, 2.45) is 7.05 Å². The second-order valence-corrected chi connectivity index (χ2v) is 8.58. The van der Waals surface area contributed by atoms with Gasteiger partial charge in [0.25, 0.3) is 5.92 Å². The molecule has 176 valence electrons. The molecule has 3 aromatic carbocycles. The molecular weight excluding hydrogens is 442 g/mol. The number of nitrogens with zero attached hydrogens (tertiary/aromatic N) is 4. The van der Waals surface area contributed by atoms with Gasteiger partial charge in [0.1, 0.15) is 5.69 Å². The Morgan fingerprint density at radius 3 is 2.29 bits per heavy atom. The summed E-state index contributed by atoms with van der Waals surface area (Å²) < 4.78 is 26.8. The van der Waals surface area contributed by atoms with Crippen LogP contribution in [0.3, 0.4) is 0 Å². The van der Waals surface area contributed by atoms with Crippen LogP contribution in [0.2, 0.25) is 0 Å². The Labute approximate surface area is 203 Å². The third-order valence-electron chi connectivity index (χ3n) is 6.09. The summed E-state index contributed by atoms with van der Waals surface area (Å²) in [5, 5.41) is 16.0. The molecule has 0 aliphatic carbocycles. The molecule has 5 aromatic rings. The zero-order valence-electron chi connectivity index (χ0n) is 20.2. The number of nitriles is 1. The zero-order chi connectivity index (χ0) is 25.2. The highest BCUT2D eigenvalue weighted by atomic mass is 19.3. The number of aryl methyl sites for hydroxylation is 3. The summed E-state index contributed by atoms with van der Waals surface area (Å²) in [6.45, 7) is 5.20. The minimum Gasteiger partial charge on any atom is -0.266 e. The van der Waals surface area contributed by atoms with E-state index in [1.165, 1.54) is 23.3 Å². The van der Waals surface area contributed by atoms with E-state index in [4.69, 9.17) is 10.4 Å². The summed E-state index contributed by atoms with van der Waals surface area (Å²) in [4.78, 5) is 4.65. The van der Waals surface area contributed by atoms with Crippen LogP contribution in [0, 0.1) is 18.3 Å². The van der Waals surface area contributed by atoms with Crippen LogP contribution in [0.5, 0.6) is 0 Å². The van der Waals surface area contributed by atoms with Crippen molar-refractivity contribution in [3.63, 3.8) is 0 Å². The molecule has 0 aliphatic heterocycles. The second-order valence-electron chi connectivity index (χ2n) is 8.58. The maximum atomic E-state index is 12.5. The Hall–Kier alpha value is -4.11. The van der Waals surface area contributed by atoms with Crippen molar-refractivity contribution in [2.75, 3.05) is 0 Å². The highest BCUT2D eigenvalue weighted by Crippen LogP contribution is 2.34. The Bertz CT molecular complexity index is 1520. The summed E-state index contributed by atoms with van der Waals surface area (Å²) >= 11 is 0. The van der Waals surface area contributed by atoms with Crippen LogP contribution in [0.15, 0.2) is 72.9 Å². The van der Waals surface area contributed by atoms with Crippen molar-refractivity contribution in [3.05, 3.63) is 95.2 Å². The number of alkyl halides is 2. The number of fused-ring (bicyclic) bond motifs is 3. The van der Waals surface area contributed by atoms with Crippen LogP contribution < -0.4 is 0 Å². The van der Waals surface area contributed by atoms with Crippen molar-refractivity contribution in [2.45, 2.75) is 33.1 Å². The molecule has 0 atom stereocenters. The van der Waals surface area contributed by atoms with Gasteiger partial charge in [-0.05, 0) is 48.7 Å². The molecule has 0 spiro atoms. The standard InChI is InChI=1S/C21H18N4.C8H8F2/c1-4-15-10-18-17(9-13(15)2)20-19(12-23-18)25(3)24-21(20)16-7-5-14(11-22)6-8-16;1-8(9,10)7-5-3-2-4-6-7/h5-10,12H,4H2,1-3H3;2-6H,1H3. The predicted molar refractivity (Wildman–Crippen MR) is 136 cm³/mol. The molecule has 0 saturated heterocycles. The number of pyridine rings is 1. The molecule has 0 aliphatic rings. The first-order valence-electron chi connectivity index (χ1n) is 11.4. The van der Waals surface area contributed by atoms with E-state index in [0.29, 0.717) is 5.56 Å². The summed E-state index contributed by atoms with van der Waals surface area (Å²) in [7, 11) is 1.94. The fraction of sp³-hybridized carbons (Fsp3) is 0.207. The van der Waals surface area contributed by atoms with E-state index >= 15 is 0 Å². The van der Waals surface area contributed by atoms with E-state index in [-0.39, 0.29) is 5.56 Å². The predicted octanol–water partition coefficient (Wildman–Crippen LogP) is 7.33. The summed E-state index contributed by atoms with van der Waals surface area (Å²) in [5.74, 6) is -2.71. The van der Waals surface area contributed by atoms with Crippen molar-refractivity contribution in [1.82, 2.24) is 14.8 Å². The van der Waals surface area contributed by atoms with Crippen LogP contribution in [0.4, 0.5) is 8.78 Å². The van der Waals surface area contributed by atoms with Crippen LogP contribution in [0.1, 0.15) is 36.1 Å². The largest absolute Gasteiger partial charge is 0.270 e. The number of hydrogen-bond donors (Lipinski definition) is 0. The average molecular weight is 469 g/mol. The molecule has 5 rings (SSSR count). The van der Waals surface area contributed by atoms with Crippen molar-refractivity contribution in [1.29, 1.82) is 5.26 Å². The van der Waals surface area contributed by atoms with Crippen LogP contribution in [0.25, 0.3) is 33.1 Å². The molecule has 2 aromatic heterocycles. The van der Waals surface area contributed by atoms with Gasteiger partial charge in [-0.2, -0.15) is 10.4 Å². The number of benzene rings is 3.